The average molecular weight is 478 g/mol. The molecule has 3 aromatic rings. The fraction of sp³-hybridized carbons (Fsp3) is 0.200. The molecule has 0 aromatic heterocycles. The predicted molar refractivity (Wildman–Crippen MR) is 130 cm³/mol. The van der Waals surface area contributed by atoms with Crippen molar-refractivity contribution in [1.82, 2.24) is 0 Å². The molecule has 3 atom stereocenters. The van der Waals surface area contributed by atoms with Gasteiger partial charge in [0.15, 0.2) is 0 Å². The lowest BCUT2D eigenvalue weighted by Gasteiger charge is -2.37. The van der Waals surface area contributed by atoms with Crippen LogP contribution in [0.4, 0.5) is 17.1 Å². The van der Waals surface area contributed by atoms with Crippen molar-refractivity contribution in [2.45, 2.75) is 23.3 Å². The number of nitrogens with zero attached hydrogens (tertiary/aromatic N) is 1. The maximum atomic E-state index is 13.2. The lowest BCUT2D eigenvalue weighted by molar-refractivity contribution is -0.384. The quantitative estimate of drug-likeness (QED) is 0.286. The van der Waals surface area contributed by atoms with E-state index in [1.807, 2.05) is 6.07 Å². The van der Waals surface area contributed by atoms with Crippen LogP contribution in [0.2, 0.25) is 0 Å². The monoisotopic (exact) mass is 477 g/mol. The van der Waals surface area contributed by atoms with Gasteiger partial charge in [0.2, 0.25) is 0 Å². The molecule has 1 aliphatic heterocycles. The summed E-state index contributed by atoms with van der Waals surface area (Å²) in [5, 5.41) is 14.8. The van der Waals surface area contributed by atoms with Crippen molar-refractivity contribution in [3.8, 4) is 5.75 Å². The van der Waals surface area contributed by atoms with E-state index in [2.05, 4.69) is 22.2 Å². The van der Waals surface area contributed by atoms with Crippen LogP contribution in [0, 0.1) is 16.0 Å². The number of para-hydroxylation sites is 2. The van der Waals surface area contributed by atoms with E-state index in [-0.39, 0.29) is 28.5 Å². The highest BCUT2D eigenvalue weighted by Crippen LogP contribution is 2.50. The summed E-state index contributed by atoms with van der Waals surface area (Å²) in [6, 6.07) is 18.4. The Kier molecular flexibility index (Phi) is 5.49. The molecule has 0 amide bonds. The Bertz CT molecular complexity index is 1400. The van der Waals surface area contributed by atoms with E-state index in [9.17, 15) is 18.5 Å². The molecule has 0 unspecified atom stereocenters. The van der Waals surface area contributed by atoms with E-state index in [4.69, 9.17) is 4.74 Å². The molecule has 34 heavy (non-hydrogen) atoms. The summed E-state index contributed by atoms with van der Waals surface area (Å²) in [6.07, 6.45) is 4.98. The second kappa shape index (κ2) is 8.49. The minimum atomic E-state index is -3.85. The summed E-state index contributed by atoms with van der Waals surface area (Å²) < 4.78 is 34.2. The zero-order chi connectivity index (χ0) is 23.9. The first-order valence-corrected chi connectivity index (χ1v) is 12.3. The minimum Gasteiger partial charge on any atom is -0.495 e. The van der Waals surface area contributed by atoms with Gasteiger partial charge in [0.25, 0.3) is 15.7 Å². The number of hydrogen-bond acceptors (Lipinski definition) is 6. The van der Waals surface area contributed by atoms with Crippen molar-refractivity contribution in [3.63, 3.8) is 0 Å². The van der Waals surface area contributed by atoms with Crippen molar-refractivity contribution in [2.24, 2.45) is 5.92 Å². The van der Waals surface area contributed by atoms with Gasteiger partial charge in [-0.2, -0.15) is 0 Å². The smallest absolute Gasteiger partial charge is 0.269 e. The fourth-order valence-electron chi connectivity index (χ4n) is 4.83. The second-order valence-corrected chi connectivity index (χ2v) is 10.1. The third kappa shape index (κ3) is 3.88. The number of methoxy groups -OCH3 is 1. The van der Waals surface area contributed by atoms with Crippen LogP contribution in [0.1, 0.15) is 29.5 Å². The number of anilines is 2. The van der Waals surface area contributed by atoms with E-state index < -0.39 is 14.9 Å². The number of allylic oxidation sites excluding steroid dienone is 2. The van der Waals surface area contributed by atoms with Crippen molar-refractivity contribution in [1.29, 1.82) is 0 Å². The van der Waals surface area contributed by atoms with Crippen molar-refractivity contribution < 1.29 is 18.1 Å². The predicted octanol–water partition coefficient (Wildman–Crippen LogP) is 5.23. The molecule has 2 aliphatic rings. The van der Waals surface area contributed by atoms with Crippen LogP contribution in [-0.4, -0.2) is 20.5 Å². The number of benzene rings is 3. The summed E-state index contributed by atoms with van der Waals surface area (Å²) in [7, 11) is -2.36. The number of ether oxygens (including phenoxy) is 1. The first kappa shape index (κ1) is 22.0. The van der Waals surface area contributed by atoms with Gasteiger partial charge in [0.1, 0.15) is 5.75 Å². The number of rotatable bonds is 6. The first-order valence-electron chi connectivity index (χ1n) is 10.8. The molecule has 9 heteroatoms. The van der Waals surface area contributed by atoms with Crippen molar-refractivity contribution >= 4 is 27.1 Å². The van der Waals surface area contributed by atoms with E-state index >= 15 is 0 Å². The Labute approximate surface area is 197 Å². The topological polar surface area (TPSA) is 111 Å². The van der Waals surface area contributed by atoms with E-state index in [1.165, 1.54) is 13.2 Å². The molecule has 174 valence electrons. The summed E-state index contributed by atoms with van der Waals surface area (Å²) in [5.74, 6) is 0.556. The van der Waals surface area contributed by atoms with Crippen LogP contribution in [0.5, 0.6) is 5.75 Å². The Morgan fingerprint density at radius 1 is 1.09 bits per heavy atom. The summed E-state index contributed by atoms with van der Waals surface area (Å²) in [5.41, 5.74) is 2.97. The minimum absolute atomic E-state index is 0.00178. The van der Waals surface area contributed by atoms with Crippen LogP contribution in [0.3, 0.4) is 0 Å². The number of nitro benzene ring substituents is 1. The lowest BCUT2D eigenvalue weighted by Crippen LogP contribution is -2.29. The van der Waals surface area contributed by atoms with Crippen LogP contribution in [0.25, 0.3) is 0 Å². The third-order valence-electron chi connectivity index (χ3n) is 6.44. The summed E-state index contributed by atoms with van der Waals surface area (Å²) in [4.78, 5) is 11.0. The Morgan fingerprint density at radius 2 is 1.91 bits per heavy atom. The largest absolute Gasteiger partial charge is 0.495 e. The van der Waals surface area contributed by atoms with Gasteiger partial charge < -0.3 is 10.1 Å². The highest BCUT2D eigenvalue weighted by atomic mass is 32.2. The van der Waals surface area contributed by atoms with Gasteiger partial charge >= 0.3 is 0 Å². The van der Waals surface area contributed by atoms with Crippen molar-refractivity contribution in [3.05, 3.63) is 100 Å². The van der Waals surface area contributed by atoms with Gasteiger partial charge in [-0.05, 0) is 53.8 Å². The maximum absolute atomic E-state index is 13.2. The van der Waals surface area contributed by atoms with Gasteiger partial charge in [-0.1, -0.05) is 36.4 Å². The molecule has 3 aromatic carbocycles. The SMILES string of the molecule is COc1ccccc1NS(=O)(=O)c1ccc2c(c1)[C@H]1C=CC[C@H]1[C@@H](c1cccc([N+](=O)[O-])c1)N2. The molecule has 2 N–H and O–H groups in total. The lowest BCUT2D eigenvalue weighted by atomic mass is 9.77. The summed E-state index contributed by atoms with van der Waals surface area (Å²) >= 11 is 0. The molecule has 0 bridgehead atoms. The normalized spacial score (nSPS) is 20.7. The first-order chi connectivity index (χ1) is 16.4. The molecule has 5 rings (SSSR count). The van der Waals surface area contributed by atoms with E-state index in [0.29, 0.717) is 11.4 Å². The molecule has 1 heterocycles. The number of non-ortho nitro benzene ring substituents is 1. The number of sulfonamides is 1. The molecular formula is C25H23N3O5S. The van der Waals surface area contributed by atoms with Gasteiger partial charge in [-0.15, -0.1) is 0 Å². The third-order valence-corrected chi connectivity index (χ3v) is 7.80. The van der Waals surface area contributed by atoms with Gasteiger partial charge in [-0.25, -0.2) is 8.42 Å². The Balaban J connectivity index is 1.49. The standard InChI is InChI=1S/C25H23N3O5S/c1-33-24-11-3-2-10-23(24)27-34(31,32)18-12-13-22-21(15-18)19-8-5-9-20(19)25(26-22)16-6-4-7-17(14-16)28(29)30/h2-8,10-15,19-20,25-27H,9H2,1H3/t19-,20+,25+/m0/s1. The molecule has 8 nitrogen and oxygen atoms in total. The highest BCUT2D eigenvalue weighted by Gasteiger charge is 2.38. The van der Waals surface area contributed by atoms with Gasteiger partial charge in [-0.3, -0.25) is 14.8 Å². The molecule has 0 radical (unpaired) electrons. The molecule has 0 saturated carbocycles. The molecule has 0 saturated heterocycles. The second-order valence-electron chi connectivity index (χ2n) is 8.38. The van der Waals surface area contributed by atoms with Crippen LogP contribution in [-0.2, 0) is 10.0 Å². The zero-order valence-corrected chi connectivity index (χ0v) is 19.2. The molecular weight excluding hydrogens is 454 g/mol. The van der Waals surface area contributed by atoms with E-state index in [1.54, 1.807) is 54.6 Å². The van der Waals surface area contributed by atoms with Crippen LogP contribution >= 0.6 is 0 Å². The molecule has 0 spiro atoms. The number of nitrogens with one attached hydrogen (secondary N) is 2. The fourth-order valence-corrected chi connectivity index (χ4v) is 5.94. The number of hydrogen-bond donors (Lipinski definition) is 2. The maximum Gasteiger partial charge on any atom is 0.269 e. The summed E-state index contributed by atoms with van der Waals surface area (Å²) in [6.45, 7) is 0. The van der Waals surface area contributed by atoms with Crippen LogP contribution < -0.4 is 14.8 Å². The van der Waals surface area contributed by atoms with Crippen molar-refractivity contribution in [2.75, 3.05) is 17.1 Å². The number of fused-ring (bicyclic) bond motifs is 3. The molecule has 1 aliphatic carbocycles. The highest BCUT2D eigenvalue weighted by molar-refractivity contribution is 7.92. The average Bonchev–Trinajstić information content (AvgIpc) is 3.34. The Hall–Kier alpha value is -3.85. The van der Waals surface area contributed by atoms with Gasteiger partial charge in [0, 0.05) is 23.7 Å². The zero-order valence-electron chi connectivity index (χ0n) is 18.3. The van der Waals surface area contributed by atoms with Gasteiger partial charge in [0.05, 0.1) is 28.7 Å². The number of nitro groups is 1. The Morgan fingerprint density at radius 3 is 2.71 bits per heavy atom. The molecule has 0 fully saturated rings. The van der Waals surface area contributed by atoms with Crippen LogP contribution in [0.15, 0.2) is 83.8 Å². The van der Waals surface area contributed by atoms with E-state index in [0.717, 1.165) is 23.2 Å².